The maximum atomic E-state index is 11.2. The smallest absolute Gasteiger partial charge is 0.309 e. The lowest BCUT2D eigenvalue weighted by Gasteiger charge is -2.04. The second kappa shape index (κ2) is 6.57. The van der Waals surface area contributed by atoms with Crippen LogP contribution in [0.25, 0.3) is 11.8 Å². The molecule has 0 saturated carbocycles. The second-order valence-corrected chi connectivity index (χ2v) is 4.46. The minimum Gasteiger partial charge on any atom is -0.469 e. The first-order valence-corrected chi connectivity index (χ1v) is 6.37. The van der Waals surface area contributed by atoms with Gasteiger partial charge in [-0.2, -0.15) is 0 Å². The fourth-order valence-electron chi connectivity index (χ4n) is 1.87. The zero-order valence-electron chi connectivity index (χ0n) is 11.4. The van der Waals surface area contributed by atoms with Crippen molar-refractivity contribution in [3.05, 3.63) is 71.3 Å². The molecule has 0 bridgehead atoms. The van der Waals surface area contributed by atoms with E-state index in [1.165, 1.54) is 7.11 Å². The summed E-state index contributed by atoms with van der Waals surface area (Å²) in [7, 11) is 1.39. The van der Waals surface area contributed by atoms with Gasteiger partial charge in [0.25, 0.3) is 0 Å². The van der Waals surface area contributed by atoms with E-state index in [2.05, 4.69) is 4.74 Å². The van der Waals surface area contributed by atoms with E-state index >= 15 is 0 Å². The highest BCUT2D eigenvalue weighted by atomic mass is 16.5. The summed E-state index contributed by atoms with van der Waals surface area (Å²) in [6, 6.07) is 17.5. The first kappa shape index (κ1) is 13.9. The summed E-state index contributed by atoms with van der Waals surface area (Å²) in [5.41, 5.74) is 9.67. The van der Waals surface area contributed by atoms with Gasteiger partial charge in [-0.1, -0.05) is 54.6 Å². The van der Waals surface area contributed by atoms with E-state index in [0.717, 1.165) is 16.7 Å². The summed E-state index contributed by atoms with van der Waals surface area (Å²) < 4.78 is 4.64. The van der Waals surface area contributed by atoms with Crippen molar-refractivity contribution in [3.8, 4) is 0 Å². The summed E-state index contributed by atoms with van der Waals surface area (Å²) in [4.78, 5) is 11.2. The minimum atomic E-state index is -0.245. The van der Waals surface area contributed by atoms with Gasteiger partial charge < -0.3 is 10.5 Å². The Kier molecular flexibility index (Phi) is 4.56. The van der Waals surface area contributed by atoms with Crippen molar-refractivity contribution in [2.45, 2.75) is 6.42 Å². The number of esters is 1. The summed E-state index contributed by atoms with van der Waals surface area (Å²) in [6.07, 6.45) is 2.20. The van der Waals surface area contributed by atoms with Crippen LogP contribution in [0.5, 0.6) is 0 Å². The van der Waals surface area contributed by atoms with Crippen LogP contribution < -0.4 is 5.73 Å². The Morgan fingerprint density at radius 2 is 1.75 bits per heavy atom. The maximum absolute atomic E-state index is 11.2. The Labute approximate surface area is 118 Å². The number of carbonyl (C=O) groups is 1. The van der Waals surface area contributed by atoms with Gasteiger partial charge in [-0.3, -0.25) is 4.79 Å². The normalized spacial score (nSPS) is 11.2. The molecule has 2 aromatic carbocycles. The fraction of sp³-hybridized carbons (Fsp3) is 0.118. The highest BCUT2D eigenvalue weighted by molar-refractivity contribution is 5.79. The molecule has 3 nitrogen and oxygen atoms in total. The summed E-state index contributed by atoms with van der Waals surface area (Å²) in [5.74, 6) is -0.245. The van der Waals surface area contributed by atoms with Crippen LogP contribution in [0.2, 0.25) is 0 Å². The SMILES string of the molecule is COC(=O)Cc1ccc(C(N)=Cc2ccccc2)cc1. The third kappa shape index (κ3) is 3.72. The van der Waals surface area contributed by atoms with Crippen LogP contribution in [0.4, 0.5) is 0 Å². The lowest BCUT2D eigenvalue weighted by atomic mass is 10.1. The van der Waals surface area contributed by atoms with Crippen LogP contribution >= 0.6 is 0 Å². The van der Waals surface area contributed by atoms with E-state index in [0.29, 0.717) is 5.70 Å². The molecule has 0 aliphatic rings. The van der Waals surface area contributed by atoms with Gasteiger partial charge in [0, 0.05) is 5.70 Å². The number of ether oxygens (including phenoxy) is 1. The van der Waals surface area contributed by atoms with Crippen molar-refractivity contribution in [3.63, 3.8) is 0 Å². The highest BCUT2D eigenvalue weighted by Crippen LogP contribution is 2.14. The molecule has 102 valence electrons. The Hall–Kier alpha value is -2.55. The van der Waals surface area contributed by atoms with Crippen LogP contribution in [0.3, 0.4) is 0 Å². The average Bonchev–Trinajstić information content (AvgIpc) is 2.49. The molecule has 2 rings (SSSR count). The zero-order valence-corrected chi connectivity index (χ0v) is 11.4. The van der Waals surface area contributed by atoms with E-state index in [1.54, 1.807) is 0 Å². The Bertz CT molecular complexity index is 601. The quantitative estimate of drug-likeness (QED) is 0.684. The van der Waals surface area contributed by atoms with Crippen molar-refractivity contribution in [2.24, 2.45) is 5.73 Å². The lowest BCUT2D eigenvalue weighted by Crippen LogP contribution is -2.04. The molecule has 0 aromatic heterocycles. The third-order valence-corrected chi connectivity index (χ3v) is 2.99. The number of nitrogens with two attached hydrogens (primary N) is 1. The number of carbonyl (C=O) groups excluding carboxylic acids is 1. The van der Waals surface area contributed by atoms with E-state index in [4.69, 9.17) is 5.73 Å². The van der Waals surface area contributed by atoms with Crippen molar-refractivity contribution in [1.29, 1.82) is 0 Å². The third-order valence-electron chi connectivity index (χ3n) is 2.99. The highest BCUT2D eigenvalue weighted by Gasteiger charge is 2.03. The number of hydrogen-bond donors (Lipinski definition) is 1. The predicted octanol–water partition coefficient (Wildman–Crippen LogP) is 2.86. The predicted molar refractivity (Wildman–Crippen MR) is 80.7 cm³/mol. The minimum absolute atomic E-state index is 0.245. The van der Waals surface area contributed by atoms with Crippen LogP contribution in [-0.2, 0) is 16.0 Å². The zero-order chi connectivity index (χ0) is 14.4. The first-order valence-electron chi connectivity index (χ1n) is 6.37. The molecular formula is C17H17NO2. The van der Waals surface area contributed by atoms with E-state index in [9.17, 15) is 4.79 Å². The molecule has 0 spiro atoms. The number of rotatable bonds is 4. The van der Waals surface area contributed by atoms with Gasteiger partial charge >= 0.3 is 5.97 Å². The largest absolute Gasteiger partial charge is 0.469 e. The molecule has 0 aliphatic carbocycles. The molecule has 0 unspecified atom stereocenters. The summed E-state index contributed by atoms with van der Waals surface area (Å²) >= 11 is 0. The van der Waals surface area contributed by atoms with Gasteiger partial charge in [0.1, 0.15) is 0 Å². The van der Waals surface area contributed by atoms with Gasteiger partial charge in [-0.25, -0.2) is 0 Å². The fourth-order valence-corrected chi connectivity index (χ4v) is 1.87. The van der Waals surface area contributed by atoms with Crippen molar-refractivity contribution in [1.82, 2.24) is 0 Å². The molecule has 0 aliphatic heterocycles. The Balaban J connectivity index is 2.13. The Morgan fingerprint density at radius 1 is 1.10 bits per heavy atom. The van der Waals surface area contributed by atoms with Gasteiger partial charge in [0.15, 0.2) is 0 Å². The molecule has 3 heteroatoms. The summed E-state index contributed by atoms with van der Waals surface area (Å²) in [6.45, 7) is 0. The molecule has 0 radical (unpaired) electrons. The van der Waals surface area contributed by atoms with Gasteiger partial charge in [-0.05, 0) is 22.8 Å². The molecule has 2 N–H and O–H groups in total. The molecule has 20 heavy (non-hydrogen) atoms. The Morgan fingerprint density at radius 3 is 2.35 bits per heavy atom. The topological polar surface area (TPSA) is 52.3 Å². The number of benzene rings is 2. The first-order chi connectivity index (χ1) is 9.69. The van der Waals surface area contributed by atoms with Crippen LogP contribution in [0.15, 0.2) is 54.6 Å². The van der Waals surface area contributed by atoms with Crippen molar-refractivity contribution >= 4 is 17.7 Å². The lowest BCUT2D eigenvalue weighted by molar-refractivity contribution is -0.139. The van der Waals surface area contributed by atoms with Crippen LogP contribution in [0.1, 0.15) is 16.7 Å². The summed E-state index contributed by atoms with van der Waals surface area (Å²) in [5, 5.41) is 0. The molecule has 0 fully saturated rings. The van der Waals surface area contributed by atoms with Crippen LogP contribution in [0, 0.1) is 0 Å². The molecule has 0 heterocycles. The van der Waals surface area contributed by atoms with Crippen LogP contribution in [-0.4, -0.2) is 13.1 Å². The average molecular weight is 267 g/mol. The van der Waals surface area contributed by atoms with E-state index in [1.807, 2.05) is 60.7 Å². The molecule has 2 aromatic rings. The molecule has 0 saturated heterocycles. The maximum Gasteiger partial charge on any atom is 0.309 e. The molecular weight excluding hydrogens is 250 g/mol. The number of methoxy groups -OCH3 is 1. The monoisotopic (exact) mass is 267 g/mol. The standard InChI is InChI=1S/C17H17NO2/c1-20-17(19)12-14-7-9-15(10-8-14)16(18)11-13-5-3-2-4-6-13/h2-11H,12,18H2,1H3. The van der Waals surface area contributed by atoms with Gasteiger partial charge in [0.2, 0.25) is 0 Å². The number of hydrogen-bond acceptors (Lipinski definition) is 3. The van der Waals surface area contributed by atoms with Crippen molar-refractivity contribution in [2.75, 3.05) is 7.11 Å². The molecule has 0 atom stereocenters. The van der Waals surface area contributed by atoms with Crippen molar-refractivity contribution < 1.29 is 9.53 Å². The van der Waals surface area contributed by atoms with E-state index in [-0.39, 0.29) is 12.4 Å². The van der Waals surface area contributed by atoms with Gasteiger partial charge in [-0.15, -0.1) is 0 Å². The second-order valence-electron chi connectivity index (χ2n) is 4.46. The van der Waals surface area contributed by atoms with E-state index < -0.39 is 0 Å². The van der Waals surface area contributed by atoms with Gasteiger partial charge in [0.05, 0.1) is 13.5 Å². The molecule has 0 amide bonds.